The van der Waals surface area contributed by atoms with Crippen LogP contribution in [0.1, 0.15) is 26.5 Å². The van der Waals surface area contributed by atoms with E-state index >= 15 is 0 Å². The number of ether oxygens (including phenoxy) is 1. The topological polar surface area (TPSA) is 70.1 Å². The highest BCUT2D eigenvalue weighted by molar-refractivity contribution is 5.71. The number of carbonyl (C=O) groups is 1. The maximum atomic E-state index is 13.3. The van der Waals surface area contributed by atoms with E-state index in [0.29, 0.717) is 0 Å². The van der Waals surface area contributed by atoms with Gasteiger partial charge < -0.3 is 10.5 Å². The molecule has 0 aromatic carbocycles. The van der Waals surface area contributed by atoms with Crippen molar-refractivity contribution in [3.05, 3.63) is 11.8 Å². The minimum atomic E-state index is -5.89. The summed E-state index contributed by atoms with van der Waals surface area (Å²) in [6.07, 6.45) is -7.37. The molecule has 0 aliphatic rings. The zero-order chi connectivity index (χ0) is 15.9. The third kappa shape index (κ3) is 3.17. The summed E-state index contributed by atoms with van der Waals surface area (Å²) in [6.45, 7) is 4.25. The largest absolute Gasteiger partial charge is 0.459 e. The molecule has 0 amide bonds. The number of carbonyl (C=O) groups excluding carboxylic acids is 1. The van der Waals surface area contributed by atoms with Gasteiger partial charge in [-0.15, -0.1) is 5.10 Å². The lowest BCUT2D eigenvalue weighted by Gasteiger charge is -2.22. The Morgan fingerprint density at radius 1 is 1.25 bits per heavy atom. The van der Waals surface area contributed by atoms with Gasteiger partial charge in [0.05, 0.1) is 0 Å². The first-order valence-corrected chi connectivity index (χ1v) is 5.29. The van der Waals surface area contributed by atoms with Crippen LogP contribution in [0.25, 0.3) is 0 Å². The fourth-order valence-corrected chi connectivity index (χ4v) is 1.21. The van der Waals surface area contributed by atoms with E-state index in [4.69, 9.17) is 10.5 Å². The fourth-order valence-electron chi connectivity index (χ4n) is 1.21. The minimum Gasteiger partial charge on any atom is -0.442 e. The van der Waals surface area contributed by atoms with Crippen LogP contribution >= 0.6 is 0 Å². The molecule has 5 nitrogen and oxygen atoms in total. The Morgan fingerprint density at radius 2 is 1.75 bits per heavy atom. The van der Waals surface area contributed by atoms with Crippen LogP contribution in [0, 0.1) is 0 Å². The van der Waals surface area contributed by atoms with Crippen LogP contribution < -0.4 is 5.73 Å². The third-order valence-electron chi connectivity index (χ3n) is 1.97. The normalized spacial score (nSPS) is 13.4. The van der Waals surface area contributed by atoms with Crippen LogP contribution in [0.5, 0.6) is 0 Å². The van der Waals surface area contributed by atoms with Crippen molar-refractivity contribution in [1.29, 1.82) is 0 Å². The molecule has 0 aliphatic carbocycles. The smallest absolute Gasteiger partial charge is 0.442 e. The lowest BCUT2D eigenvalue weighted by molar-refractivity contribution is -0.291. The van der Waals surface area contributed by atoms with Crippen LogP contribution in [0.2, 0.25) is 0 Å². The Morgan fingerprint density at radius 3 is 2.15 bits per heavy atom. The molecule has 0 atom stereocenters. The van der Waals surface area contributed by atoms with Crippen molar-refractivity contribution in [3.63, 3.8) is 0 Å². The summed E-state index contributed by atoms with van der Waals surface area (Å²) in [7, 11) is 0. The van der Waals surface area contributed by atoms with Gasteiger partial charge in [-0.25, -0.2) is 4.79 Å². The first-order valence-electron chi connectivity index (χ1n) is 5.29. The Balaban J connectivity index is 3.28. The number of hydrogen-bond acceptors (Lipinski definition) is 4. The molecule has 0 radical (unpaired) electrons. The number of halogens is 5. The van der Waals surface area contributed by atoms with Gasteiger partial charge in [0.2, 0.25) is 0 Å². The van der Waals surface area contributed by atoms with Gasteiger partial charge in [0.15, 0.2) is 0 Å². The molecule has 0 saturated heterocycles. The molecular weight excluding hydrogens is 289 g/mol. The van der Waals surface area contributed by atoms with Crippen LogP contribution in [0.4, 0.5) is 32.6 Å². The molecule has 1 aromatic heterocycles. The summed E-state index contributed by atoms with van der Waals surface area (Å²) < 4.78 is 68.0. The second kappa shape index (κ2) is 4.60. The molecule has 10 heteroatoms. The fraction of sp³-hybridized carbons (Fsp3) is 0.600. The molecule has 0 saturated carbocycles. The van der Waals surface area contributed by atoms with Crippen molar-refractivity contribution in [3.8, 4) is 0 Å². The van der Waals surface area contributed by atoms with Crippen LogP contribution in [0.15, 0.2) is 6.07 Å². The molecule has 0 spiro atoms. The Kier molecular flexibility index (Phi) is 3.72. The van der Waals surface area contributed by atoms with E-state index in [1.165, 1.54) is 20.8 Å². The summed E-state index contributed by atoms with van der Waals surface area (Å²) in [5, 5.41) is 3.11. The Labute approximate surface area is 110 Å². The van der Waals surface area contributed by atoms with E-state index in [0.717, 1.165) is 0 Å². The van der Waals surface area contributed by atoms with E-state index in [2.05, 4.69) is 5.10 Å². The maximum absolute atomic E-state index is 13.3. The predicted octanol–water partition coefficient (Wildman–Crippen LogP) is 2.90. The molecule has 114 valence electrons. The van der Waals surface area contributed by atoms with Gasteiger partial charge in [0, 0.05) is 6.07 Å². The number of aromatic nitrogens is 2. The number of rotatable bonds is 1. The average Bonchev–Trinajstić information content (AvgIpc) is 2.56. The molecule has 1 heterocycles. The zero-order valence-corrected chi connectivity index (χ0v) is 10.8. The molecule has 1 aromatic rings. The quantitative estimate of drug-likeness (QED) is 0.810. The van der Waals surface area contributed by atoms with Crippen molar-refractivity contribution >= 4 is 11.9 Å². The highest BCUT2D eigenvalue weighted by Crippen LogP contribution is 2.44. The van der Waals surface area contributed by atoms with Crippen LogP contribution in [0.3, 0.4) is 0 Å². The number of nitrogen functional groups attached to an aromatic ring is 1. The summed E-state index contributed by atoms with van der Waals surface area (Å²) in [6, 6.07) is 0.275. The molecule has 1 rings (SSSR count). The van der Waals surface area contributed by atoms with Gasteiger partial charge in [-0.05, 0) is 20.8 Å². The second-order valence-electron chi connectivity index (χ2n) is 4.92. The average molecular weight is 301 g/mol. The Hall–Kier alpha value is -1.87. The highest BCUT2D eigenvalue weighted by Gasteiger charge is 2.61. The van der Waals surface area contributed by atoms with Gasteiger partial charge in [-0.1, -0.05) is 0 Å². The summed E-state index contributed by atoms with van der Waals surface area (Å²) in [4.78, 5) is 11.6. The van der Waals surface area contributed by atoms with Crippen molar-refractivity contribution in [1.82, 2.24) is 9.78 Å². The lowest BCUT2D eigenvalue weighted by Crippen LogP contribution is -2.38. The molecule has 0 unspecified atom stereocenters. The Bertz CT molecular complexity index is 516. The number of hydrogen-bond donors (Lipinski definition) is 1. The van der Waals surface area contributed by atoms with Crippen molar-refractivity contribution in [2.24, 2.45) is 0 Å². The van der Waals surface area contributed by atoms with Gasteiger partial charge in [0.1, 0.15) is 17.1 Å². The molecule has 20 heavy (non-hydrogen) atoms. The van der Waals surface area contributed by atoms with Crippen molar-refractivity contribution in [2.75, 3.05) is 5.73 Å². The second-order valence-corrected chi connectivity index (χ2v) is 4.92. The summed E-state index contributed by atoms with van der Waals surface area (Å²) in [5.74, 6) is -5.94. The van der Waals surface area contributed by atoms with Crippen molar-refractivity contribution < 1.29 is 31.5 Å². The number of anilines is 1. The van der Waals surface area contributed by atoms with E-state index < -0.39 is 35.3 Å². The molecule has 0 fully saturated rings. The third-order valence-corrected chi connectivity index (χ3v) is 1.97. The standard InChI is InChI=1S/C10H12F5N3O2/c1-8(2,3)20-7(19)18-5(4-6(16)17-18)9(11,12)10(13,14)15/h4H,1-3H3,(H2,16,17). The van der Waals surface area contributed by atoms with Gasteiger partial charge in [0.25, 0.3) is 0 Å². The van der Waals surface area contributed by atoms with E-state index in [1.54, 1.807) is 0 Å². The lowest BCUT2D eigenvalue weighted by atomic mass is 10.2. The predicted molar refractivity (Wildman–Crippen MR) is 58.2 cm³/mol. The minimum absolute atomic E-state index is 0.186. The van der Waals surface area contributed by atoms with Gasteiger partial charge >= 0.3 is 18.2 Å². The van der Waals surface area contributed by atoms with Crippen molar-refractivity contribution in [2.45, 2.75) is 38.5 Å². The van der Waals surface area contributed by atoms with Crippen LogP contribution in [-0.2, 0) is 10.7 Å². The number of nitrogens with zero attached hydrogens (tertiary/aromatic N) is 2. The van der Waals surface area contributed by atoms with Gasteiger partial charge in [-0.3, -0.25) is 0 Å². The molecule has 0 bridgehead atoms. The van der Waals surface area contributed by atoms with Crippen LogP contribution in [-0.4, -0.2) is 27.7 Å². The molecule has 2 N–H and O–H groups in total. The van der Waals surface area contributed by atoms with E-state index in [-0.39, 0.29) is 10.7 Å². The maximum Gasteiger partial charge on any atom is 0.459 e. The summed E-state index contributed by atoms with van der Waals surface area (Å²) in [5.41, 5.74) is 2.29. The van der Waals surface area contributed by atoms with Gasteiger partial charge in [-0.2, -0.15) is 26.6 Å². The monoisotopic (exact) mass is 301 g/mol. The highest BCUT2D eigenvalue weighted by atomic mass is 19.4. The molecular formula is C10H12F5N3O2. The van der Waals surface area contributed by atoms with E-state index in [9.17, 15) is 26.7 Å². The first kappa shape index (κ1) is 16.2. The van der Waals surface area contributed by atoms with E-state index in [1.807, 2.05) is 0 Å². The SMILES string of the molecule is CC(C)(C)OC(=O)n1nc(N)cc1C(F)(F)C(F)(F)F. The molecule has 0 aliphatic heterocycles. The first-order chi connectivity index (χ1) is 8.75. The summed E-state index contributed by atoms with van der Waals surface area (Å²) >= 11 is 0. The number of alkyl halides is 5. The zero-order valence-electron chi connectivity index (χ0n) is 10.8. The number of nitrogens with two attached hydrogens (primary N) is 1.